The number of aromatic amines is 1. The molecule has 0 spiro atoms. The molecule has 0 aliphatic carbocycles. The van der Waals surface area contributed by atoms with E-state index in [0.29, 0.717) is 12.3 Å². The van der Waals surface area contributed by atoms with Crippen molar-refractivity contribution in [2.75, 3.05) is 5.88 Å². The molecule has 3 rings (SSSR count). The highest BCUT2D eigenvalue weighted by atomic mass is 35.5. The second-order valence-electron chi connectivity index (χ2n) is 4.29. The van der Waals surface area contributed by atoms with Crippen molar-refractivity contribution in [2.24, 2.45) is 0 Å². The van der Waals surface area contributed by atoms with Crippen LogP contribution in [0.15, 0.2) is 42.5 Å². The zero-order valence-corrected chi connectivity index (χ0v) is 10.5. The predicted molar refractivity (Wildman–Crippen MR) is 75.5 cm³/mol. The molecule has 1 aromatic heterocycles. The number of fused-ring (bicyclic) bond motifs is 3. The third-order valence-electron chi connectivity index (χ3n) is 3.15. The lowest BCUT2D eigenvalue weighted by Gasteiger charge is -1.99. The zero-order valence-electron chi connectivity index (χ0n) is 9.74. The molecule has 3 heteroatoms. The summed E-state index contributed by atoms with van der Waals surface area (Å²) in [5.74, 6) is 0.460. The van der Waals surface area contributed by atoms with Gasteiger partial charge in [-0.1, -0.05) is 18.2 Å². The maximum Gasteiger partial charge on any atom is 0.164 e. The maximum absolute atomic E-state index is 11.9. The molecule has 1 heterocycles. The topological polar surface area (TPSA) is 32.9 Å². The molecule has 1 N–H and O–H groups in total. The van der Waals surface area contributed by atoms with Gasteiger partial charge in [0, 0.05) is 39.7 Å². The van der Waals surface area contributed by atoms with E-state index in [4.69, 9.17) is 11.6 Å². The van der Waals surface area contributed by atoms with E-state index in [1.807, 2.05) is 36.4 Å². The number of nitrogens with one attached hydrogen (secondary N) is 1. The van der Waals surface area contributed by atoms with Crippen molar-refractivity contribution in [3.63, 3.8) is 0 Å². The summed E-state index contributed by atoms with van der Waals surface area (Å²) in [6, 6.07) is 13.9. The predicted octanol–water partition coefficient (Wildman–Crippen LogP) is 4.13. The van der Waals surface area contributed by atoms with Crippen molar-refractivity contribution in [3.8, 4) is 0 Å². The molecule has 18 heavy (non-hydrogen) atoms. The Labute approximate surface area is 110 Å². The van der Waals surface area contributed by atoms with E-state index < -0.39 is 0 Å². The lowest BCUT2D eigenvalue weighted by atomic mass is 10.1. The van der Waals surface area contributed by atoms with Crippen molar-refractivity contribution >= 4 is 39.2 Å². The van der Waals surface area contributed by atoms with Gasteiger partial charge in [0.1, 0.15) is 0 Å². The Bertz CT molecular complexity index is 730. The van der Waals surface area contributed by atoms with Crippen LogP contribution in [0.3, 0.4) is 0 Å². The number of carbonyl (C=O) groups is 1. The third-order valence-corrected chi connectivity index (χ3v) is 3.34. The fourth-order valence-electron chi connectivity index (χ4n) is 2.25. The van der Waals surface area contributed by atoms with Crippen LogP contribution in [0, 0.1) is 0 Å². The first-order chi connectivity index (χ1) is 8.79. The number of H-pyrrole nitrogens is 1. The molecule has 3 aromatic rings. The van der Waals surface area contributed by atoms with Gasteiger partial charge in [0.2, 0.25) is 0 Å². The molecule has 0 aliphatic rings. The number of hydrogen-bond acceptors (Lipinski definition) is 1. The average molecular weight is 258 g/mol. The number of rotatable bonds is 3. The Morgan fingerprint density at radius 2 is 1.83 bits per heavy atom. The highest BCUT2D eigenvalue weighted by Crippen LogP contribution is 2.26. The molecule has 0 bridgehead atoms. The molecule has 0 unspecified atom stereocenters. The van der Waals surface area contributed by atoms with E-state index in [2.05, 4.69) is 11.1 Å². The van der Waals surface area contributed by atoms with Crippen LogP contribution in [0.1, 0.15) is 16.8 Å². The highest BCUT2D eigenvalue weighted by molar-refractivity contribution is 6.20. The number of Topliss-reactive ketones (excluding diaryl/α,β-unsaturated/α-hetero) is 1. The van der Waals surface area contributed by atoms with Gasteiger partial charge in [-0.25, -0.2) is 0 Å². The molecule has 90 valence electrons. The summed E-state index contributed by atoms with van der Waals surface area (Å²) < 4.78 is 0. The van der Waals surface area contributed by atoms with Gasteiger partial charge in [-0.3, -0.25) is 4.79 Å². The van der Waals surface area contributed by atoms with E-state index in [0.717, 1.165) is 27.4 Å². The molecular formula is C15H12ClNO. The molecule has 0 aliphatic heterocycles. The van der Waals surface area contributed by atoms with Crippen molar-refractivity contribution in [1.29, 1.82) is 0 Å². The Morgan fingerprint density at radius 3 is 2.67 bits per heavy atom. The van der Waals surface area contributed by atoms with Crippen molar-refractivity contribution < 1.29 is 4.79 Å². The van der Waals surface area contributed by atoms with Crippen molar-refractivity contribution in [1.82, 2.24) is 4.98 Å². The van der Waals surface area contributed by atoms with E-state index in [-0.39, 0.29) is 5.78 Å². The van der Waals surface area contributed by atoms with Gasteiger partial charge in [0.25, 0.3) is 0 Å². The summed E-state index contributed by atoms with van der Waals surface area (Å²) in [6.45, 7) is 0. The number of halogens is 1. The first kappa shape index (κ1) is 11.3. The summed E-state index contributed by atoms with van der Waals surface area (Å²) >= 11 is 5.61. The van der Waals surface area contributed by atoms with Crippen LogP contribution >= 0.6 is 11.6 Å². The van der Waals surface area contributed by atoms with Crippen LogP contribution in [0.25, 0.3) is 21.8 Å². The fourth-order valence-corrected chi connectivity index (χ4v) is 2.42. The Kier molecular flexibility index (Phi) is 2.80. The van der Waals surface area contributed by atoms with E-state index in [1.54, 1.807) is 0 Å². The lowest BCUT2D eigenvalue weighted by molar-refractivity contribution is 0.0989. The van der Waals surface area contributed by atoms with Crippen LogP contribution < -0.4 is 0 Å². The SMILES string of the molecule is O=C(CCCl)c1ccc2[nH]c3ccccc3c2c1. The smallest absolute Gasteiger partial charge is 0.164 e. The van der Waals surface area contributed by atoms with Gasteiger partial charge in [0.15, 0.2) is 5.78 Å². The summed E-state index contributed by atoms with van der Waals surface area (Å²) in [7, 11) is 0. The second kappa shape index (κ2) is 4.46. The van der Waals surface area contributed by atoms with Gasteiger partial charge in [-0.05, 0) is 24.3 Å². The molecule has 0 atom stereocenters. The van der Waals surface area contributed by atoms with Gasteiger partial charge in [-0.15, -0.1) is 11.6 Å². The molecule has 0 radical (unpaired) electrons. The normalized spacial score (nSPS) is 11.2. The maximum atomic E-state index is 11.9. The fraction of sp³-hybridized carbons (Fsp3) is 0.133. The van der Waals surface area contributed by atoms with E-state index >= 15 is 0 Å². The average Bonchev–Trinajstić information content (AvgIpc) is 2.76. The standard InChI is InChI=1S/C15H12ClNO/c16-8-7-15(18)10-5-6-14-12(9-10)11-3-1-2-4-13(11)17-14/h1-6,9,17H,7-8H2. The van der Waals surface area contributed by atoms with Crippen molar-refractivity contribution in [3.05, 3.63) is 48.0 Å². The van der Waals surface area contributed by atoms with Crippen LogP contribution in [0.4, 0.5) is 0 Å². The van der Waals surface area contributed by atoms with Gasteiger partial charge in [0.05, 0.1) is 0 Å². The van der Waals surface area contributed by atoms with Crippen molar-refractivity contribution in [2.45, 2.75) is 6.42 Å². The summed E-state index contributed by atoms with van der Waals surface area (Å²) in [6.07, 6.45) is 0.384. The monoisotopic (exact) mass is 257 g/mol. The van der Waals surface area contributed by atoms with Gasteiger partial charge < -0.3 is 4.98 Å². The molecular weight excluding hydrogens is 246 g/mol. The summed E-state index contributed by atoms with van der Waals surface area (Å²) in [5, 5.41) is 2.24. The van der Waals surface area contributed by atoms with Crippen LogP contribution in [0.5, 0.6) is 0 Å². The molecule has 0 saturated heterocycles. The minimum atomic E-state index is 0.0946. The van der Waals surface area contributed by atoms with Gasteiger partial charge in [-0.2, -0.15) is 0 Å². The van der Waals surface area contributed by atoms with Crippen LogP contribution in [-0.2, 0) is 0 Å². The Morgan fingerprint density at radius 1 is 1.06 bits per heavy atom. The number of benzene rings is 2. The largest absolute Gasteiger partial charge is 0.355 e. The molecule has 2 aromatic carbocycles. The number of para-hydroxylation sites is 1. The molecule has 0 fully saturated rings. The second-order valence-corrected chi connectivity index (χ2v) is 4.67. The zero-order chi connectivity index (χ0) is 12.5. The first-order valence-corrected chi connectivity index (χ1v) is 6.42. The van der Waals surface area contributed by atoms with Crippen LogP contribution in [0.2, 0.25) is 0 Å². The summed E-state index contributed by atoms with van der Waals surface area (Å²) in [4.78, 5) is 15.2. The lowest BCUT2D eigenvalue weighted by Crippen LogP contribution is -1.98. The third kappa shape index (κ3) is 1.79. The molecule has 0 saturated carbocycles. The number of aromatic nitrogens is 1. The quantitative estimate of drug-likeness (QED) is 0.555. The van der Waals surface area contributed by atoms with E-state index in [1.165, 1.54) is 0 Å². The van der Waals surface area contributed by atoms with Crippen LogP contribution in [-0.4, -0.2) is 16.6 Å². The summed E-state index contributed by atoms with van der Waals surface area (Å²) in [5.41, 5.74) is 2.88. The molecule has 0 amide bonds. The highest BCUT2D eigenvalue weighted by Gasteiger charge is 2.08. The Balaban J connectivity index is 2.21. The minimum absolute atomic E-state index is 0.0946. The minimum Gasteiger partial charge on any atom is -0.355 e. The number of carbonyl (C=O) groups excluding carboxylic acids is 1. The van der Waals surface area contributed by atoms with Gasteiger partial charge >= 0.3 is 0 Å². The Hall–Kier alpha value is -1.80. The number of hydrogen-bond donors (Lipinski definition) is 1. The van der Waals surface area contributed by atoms with E-state index in [9.17, 15) is 4.79 Å². The number of ketones is 1. The first-order valence-electron chi connectivity index (χ1n) is 5.89. The number of alkyl halides is 1. The molecule has 2 nitrogen and oxygen atoms in total.